The van der Waals surface area contributed by atoms with Crippen LogP contribution in [0.4, 0.5) is 0 Å². The van der Waals surface area contributed by atoms with E-state index in [2.05, 4.69) is 10.6 Å². The Labute approximate surface area is 110 Å². The fourth-order valence-electron chi connectivity index (χ4n) is 3.02. The Morgan fingerprint density at radius 2 is 1.83 bits per heavy atom. The van der Waals surface area contributed by atoms with Gasteiger partial charge >= 0.3 is 5.97 Å². The van der Waals surface area contributed by atoms with E-state index in [9.17, 15) is 4.79 Å². The zero-order chi connectivity index (χ0) is 12.8. The summed E-state index contributed by atoms with van der Waals surface area (Å²) in [6.07, 6.45) is 7.30. The van der Waals surface area contributed by atoms with E-state index < -0.39 is 0 Å². The van der Waals surface area contributed by atoms with Crippen molar-refractivity contribution in [3.05, 3.63) is 0 Å². The molecule has 0 radical (unpaired) electrons. The molecule has 18 heavy (non-hydrogen) atoms. The maximum absolute atomic E-state index is 11.9. The highest BCUT2D eigenvalue weighted by Crippen LogP contribution is 2.23. The van der Waals surface area contributed by atoms with E-state index in [1.54, 1.807) is 0 Å². The van der Waals surface area contributed by atoms with Gasteiger partial charge in [-0.2, -0.15) is 0 Å². The summed E-state index contributed by atoms with van der Waals surface area (Å²) in [6, 6.07) is 0.615. The van der Waals surface area contributed by atoms with Crippen molar-refractivity contribution in [1.82, 2.24) is 10.6 Å². The van der Waals surface area contributed by atoms with E-state index in [1.807, 2.05) is 7.05 Å². The molecule has 0 amide bonds. The Kier molecular flexibility index (Phi) is 5.45. The summed E-state index contributed by atoms with van der Waals surface area (Å²) < 4.78 is 5.60. The molecule has 2 fully saturated rings. The van der Waals surface area contributed by atoms with Crippen molar-refractivity contribution < 1.29 is 9.53 Å². The molecule has 1 aliphatic heterocycles. The molecule has 4 nitrogen and oxygen atoms in total. The van der Waals surface area contributed by atoms with Crippen LogP contribution in [0.5, 0.6) is 0 Å². The summed E-state index contributed by atoms with van der Waals surface area (Å²) in [4.78, 5) is 11.9. The van der Waals surface area contributed by atoms with Crippen LogP contribution in [0.25, 0.3) is 0 Å². The molecule has 104 valence electrons. The molecule has 1 aliphatic carbocycles. The van der Waals surface area contributed by atoms with Gasteiger partial charge in [0.1, 0.15) is 6.10 Å². The quantitative estimate of drug-likeness (QED) is 0.746. The van der Waals surface area contributed by atoms with Gasteiger partial charge in [-0.15, -0.1) is 0 Å². The van der Waals surface area contributed by atoms with Crippen molar-refractivity contribution in [2.24, 2.45) is 5.92 Å². The minimum Gasteiger partial charge on any atom is -0.462 e. The maximum Gasteiger partial charge on any atom is 0.306 e. The van der Waals surface area contributed by atoms with Gasteiger partial charge in [-0.3, -0.25) is 4.79 Å². The Balaban J connectivity index is 1.65. The van der Waals surface area contributed by atoms with Crippen molar-refractivity contribution in [1.29, 1.82) is 0 Å². The summed E-state index contributed by atoms with van der Waals surface area (Å²) in [5.41, 5.74) is 0. The number of esters is 1. The SMILES string of the molecule is CNC1CCC(OC(=O)CC2CCNCC2)CC1. The van der Waals surface area contributed by atoms with Gasteiger partial charge in [0.2, 0.25) is 0 Å². The first-order chi connectivity index (χ1) is 8.78. The van der Waals surface area contributed by atoms with E-state index in [0.29, 0.717) is 18.4 Å². The first-order valence-corrected chi connectivity index (χ1v) is 7.35. The third kappa shape index (κ3) is 4.25. The molecule has 0 unspecified atom stereocenters. The van der Waals surface area contributed by atoms with Crippen molar-refractivity contribution in [3.63, 3.8) is 0 Å². The number of rotatable bonds is 4. The monoisotopic (exact) mass is 254 g/mol. The predicted molar refractivity (Wildman–Crippen MR) is 71.4 cm³/mol. The molecule has 4 heteroatoms. The summed E-state index contributed by atoms with van der Waals surface area (Å²) in [7, 11) is 2.01. The Bertz CT molecular complexity index is 257. The van der Waals surface area contributed by atoms with Crippen LogP contribution >= 0.6 is 0 Å². The Morgan fingerprint density at radius 3 is 2.44 bits per heavy atom. The van der Waals surface area contributed by atoms with Crippen molar-refractivity contribution in [2.45, 2.75) is 57.1 Å². The topological polar surface area (TPSA) is 50.4 Å². The molecule has 2 aliphatic rings. The van der Waals surface area contributed by atoms with Crippen LogP contribution in [0, 0.1) is 5.92 Å². The molecule has 0 spiro atoms. The summed E-state index contributed by atoms with van der Waals surface area (Å²) >= 11 is 0. The lowest BCUT2D eigenvalue weighted by Gasteiger charge is -2.29. The summed E-state index contributed by atoms with van der Waals surface area (Å²) in [5.74, 6) is 0.558. The molecule has 0 aromatic heterocycles. The number of carbonyl (C=O) groups excluding carboxylic acids is 1. The molecule has 0 bridgehead atoms. The van der Waals surface area contributed by atoms with Gasteiger partial charge in [0, 0.05) is 12.5 Å². The van der Waals surface area contributed by atoms with E-state index >= 15 is 0 Å². The minimum atomic E-state index is 0.0230. The van der Waals surface area contributed by atoms with Gasteiger partial charge in [-0.25, -0.2) is 0 Å². The number of hydrogen-bond donors (Lipinski definition) is 2. The second-order valence-electron chi connectivity index (χ2n) is 5.65. The molecule has 1 saturated carbocycles. The van der Waals surface area contributed by atoms with Gasteiger partial charge in [0.15, 0.2) is 0 Å². The molecule has 2 N–H and O–H groups in total. The zero-order valence-corrected chi connectivity index (χ0v) is 11.4. The number of piperidine rings is 1. The number of nitrogens with one attached hydrogen (secondary N) is 2. The maximum atomic E-state index is 11.9. The Morgan fingerprint density at radius 1 is 1.17 bits per heavy atom. The van der Waals surface area contributed by atoms with Crippen molar-refractivity contribution in [3.8, 4) is 0 Å². The standard InChI is InChI=1S/C14H26N2O2/c1-15-12-2-4-13(5-3-12)18-14(17)10-11-6-8-16-9-7-11/h11-13,15-16H,2-10H2,1H3. The van der Waals surface area contributed by atoms with Crippen molar-refractivity contribution in [2.75, 3.05) is 20.1 Å². The zero-order valence-electron chi connectivity index (χ0n) is 11.4. The number of carbonyl (C=O) groups is 1. The molecule has 0 atom stereocenters. The van der Waals surface area contributed by atoms with E-state index in [0.717, 1.165) is 51.6 Å². The van der Waals surface area contributed by atoms with Gasteiger partial charge < -0.3 is 15.4 Å². The Hall–Kier alpha value is -0.610. The average Bonchev–Trinajstić information content (AvgIpc) is 2.40. The molecule has 1 saturated heterocycles. The van der Waals surface area contributed by atoms with Gasteiger partial charge in [-0.05, 0) is 64.6 Å². The molecular formula is C14H26N2O2. The van der Waals surface area contributed by atoms with E-state index in [-0.39, 0.29) is 12.1 Å². The van der Waals surface area contributed by atoms with Crippen LogP contribution in [0.2, 0.25) is 0 Å². The summed E-state index contributed by atoms with van der Waals surface area (Å²) in [6.45, 7) is 2.09. The highest BCUT2D eigenvalue weighted by atomic mass is 16.5. The highest BCUT2D eigenvalue weighted by Gasteiger charge is 2.24. The van der Waals surface area contributed by atoms with Crippen LogP contribution < -0.4 is 10.6 Å². The fraction of sp³-hybridized carbons (Fsp3) is 0.929. The van der Waals surface area contributed by atoms with Crippen LogP contribution in [0.1, 0.15) is 44.9 Å². The predicted octanol–water partition coefficient (Wildman–Crippen LogP) is 1.45. The van der Waals surface area contributed by atoms with E-state index in [1.165, 1.54) is 0 Å². The molecule has 2 rings (SSSR count). The van der Waals surface area contributed by atoms with Crippen LogP contribution in [-0.2, 0) is 9.53 Å². The number of hydrogen-bond acceptors (Lipinski definition) is 4. The van der Waals surface area contributed by atoms with Gasteiger partial charge in [0.05, 0.1) is 0 Å². The molecule has 1 heterocycles. The highest BCUT2D eigenvalue weighted by molar-refractivity contribution is 5.69. The second-order valence-corrected chi connectivity index (χ2v) is 5.65. The lowest BCUT2D eigenvalue weighted by Crippen LogP contribution is -2.34. The van der Waals surface area contributed by atoms with E-state index in [4.69, 9.17) is 4.74 Å². The largest absolute Gasteiger partial charge is 0.462 e. The molecule has 0 aromatic carbocycles. The fourth-order valence-corrected chi connectivity index (χ4v) is 3.02. The van der Waals surface area contributed by atoms with Gasteiger partial charge in [-0.1, -0.05) is 0 Å². The third-order valence-electron chi connectivity index (χ3n) is 4.29. The normalized spacial score (nSPS) is 30.1. The van der Waals surface area contributed by atoms with Gasteiger partial charge in [0.25, 0.3) is 0 Å². The smallest absolute Gasteiger partial charge is 0.306 e. The van der Waals surface area contributed by atoms with Crippen LogP contribution in [0.3, 0.4) is 0 Å². The second kappa shape index (κ2) is 7.10. The lowest BCUT2D eigenvalue weighted by molar-refractivity contribution is -0.152. The van der Waals surface area contributed by atoms with Crippen molar-refractivity contribution >= 4 is 5.97 Å². The van der Waals surface area contributed by atoms with Crippen LogP contribution in [0.15, 0.2) is 0 Å². The first kappa shape index (κ1) is 13.8. The average molecular weight is 254 g/mol. The minimum absolute atomic E-state index is 0.0230. The van der Waals surface area contributed by atoms with Crippen LogP contribution in [-0.4, -0.2) is 38.3 Å². The summed E-state index contributed by atoms with van der Waals surface area (Å²) in [5, 5.41) is 6.62. The lowest BCUT2D eigenvalue weighted by atomic mass is 9.92. The molecular weight excluding hydrogens is 228 g/mol. The molecule has 0 aromatic rings. The first-order valence-electron chi connectivity index (χ1n) is 7.35. The third-order valence-corrected chi connectivity index (χ3v) is 4.29. The number of ether oxygens (including phenoxy) is 1.